The van der Waals surface area contributed by atoms with Crippen molar-refractivity contribution in [2.24, 2.45) is 5.11 Å². The summed E-state index contributed by atoms with van der Waals surface area (Å²) in [6.45, 7) is 2.17. The van der Waals surface area contributed by atoms with Crippen molar-refractivity contribution in [3.05, 3.63) is 10.4 Å². The summed E-state index contributed by atoms with van der Waals surface area (Å²) in [6, 6.07) is 2.10. The molecule has 0 aromatic rings. The maximum absolute atomic E-state index is 8.41. The standard InChI is InChI=1S/C10H18N4/c1-2-3-4-5-7-10(13-14-12)8-6-9-11/h10H,2-8H2,1H3. The summed E-state index contributed by atoms with van der Waals surface area (Å²) < 4.78 is 0. The molecule has 0 heterocycles. The van der Waals surface area contributed by atoms with Crippen molar-refractivity contribution in [2.45, 2.75) is 57.9 Å². The average Bonchev–Trinajstić information content (AvgIpc) is 2.20. The molecule has 4 heteroatoms. The van der Waals surface area contributed by atoms with Crippen LogP contribution in [-0.4, -0.2) is 6.04 Å². The van der Waals surface area contributed by atoms with Crippen LogP contribution in [0.15, 0.2) is 5.11 Å². The van der Waals surface area contributed by atoms with Gasteiger partial charge in [-0.15, -0.1) is 0 Å². The molecule has 0 rings (SSSR count). The lowest BCUT2D eigenvalue weighted by Crippen LogP contribution is -2.02. The molecule has 0 aromatic carbocycles. The Balaban J connectivity index is 3.63. The zero-order valence-electron chi connectivity index (χ0n) is 8.82. The number of hydrogen-bond acceptors (Lipinski definition) is 2. The molecule has 0 aromatic heterocycles. The topological polar surface area (TPSA) is 72.5 Å². The Morgan fingerprint density at radius 3 is 2.71 bits per heavy atom. The summed E-state index contributed by atoms with van der Waals surface area (Å²) >= 11 is 0. The van der Waals surface area contributed by atoms with E-state index in [9.17, 15) is 0 Å². The van der Waals surface area contributed by atoms with Gasteiger partial charge in [0, 0.05) is 17.4 Å². The SMILES string of the molecule is CCCCCCC(CCC#N)N=[N+]=[N-]. The van der Waals surface area contributed by atoms with E-state index in [0.29, 0.717) is 12.8 Å². The fourth-order valence-corrected chi connectivity index (χ4v) is 1.37. The van der Waals surface area contributed by atoms with Gasteiger partial charge in [0.15, 0.2) is 0 Å². The van der Waals surface area contributed by atoms with E-state index in [1.165, 1.54) is 19.3 Å². The Morgan fingerprint density at radius 2 is 2.14 bits per heavy atom. The molecule has 14 heavy (non-hydrogen) atoms. The number of nitrogens with zero attached hydrogens (tertiary/aromatic N) is 4. The first-order chi connectivity index (χ1) is 6.85. The zero-order valence-corrected chi connectivity index (χ0v) is 8.82. The Hall–Kier alpha value is -1.20. The molecule has 0 aliphatic carbocycles. The highest BCUT2D eigenvalue weighted by Gasteiger charge is 2.04. The predicted molar refractivity (Wildman–Crippen MR) is 56.5 cm³/mol. The minimum Gasteiger partial charge on any atom is -0.198 e. The Morgan fingerprint density at radius 1 is 1.36 bits per heavy atom. The highest BCUT2D eigenvalue weighted by molar-refractivity contribution is 4.76. The van der Waals surface area contributed by atoms with Gasteiger partial charge in [-0.3, -0.25) is 0 Å². The smallest absolute Gasteiger partial charge is 0.0621 e. The highest BCUT2D eigenvalue weighted by atomic mass is 15.1. The van der Waals surface area contributed by atoms with E-state index in [2.05, 4.69) is 23.0 Å². The third-order valence-corrected chi connectivity index (χ3v) is 2.20. The normalized spacial score (nSPS) is 11.4. The van der Waals surface area contributed by atoms with E-state index < -0.39 is 0 Å². The molecule has 4 nitrogen and oxygen atoms in total. The summed E-state index contributed by atoms with van der Waals surface area (Å²) in [4.78, 5) is 2.80. The number of hydrogen-bond donors (Lipinski definition) is 0. The van der Waals surface area contributed by atoms with Gasteiger partial charge in [-0.25, -0.2) is 0 Å². The monoisotopic (exact) mass is 194 g/mol. The predicted octanol–water partition coefficient (Wildman–Crippen LogP) is 3.94. The van der Waals surface area contributed by atoms with Crippen molar-refractivity contribution in [3.8, 4) is 6.07 Å². The maximum atomic E-state index is 8.41. The summed E-state index contributed by atoms with van der Waals surface area (Å²) in [5, 5.41) is 12.1. The van der Waals surface area contributed by atoms with Crippen LogP contribution in [0, 0.1) is 11.3 Å². The first kappa shape index (κ1) is 12.8. The molecular formula is C10H18N4. The first-order valence-corrected chi connectivity index (χ1v) is 5.26. The number of azide groups is 1. The summed E-state index contributed by atoms with van der Waals surface area (Å²) in [5.74, 6) is 0. The van der Waals surface area contributed by atoms with Gasteiger partial charge >= 0.3 is 0 Å². The fraction of sp³-hybridized carbons (Fsp3) is 0.900. The number of rotatable bonds is 8. The number of unbranched alkanes of at least 4 members (excludes halogenated alkanes) is 3. The van der Waals surface area contributed by atoms with Gasteiger partial charge in [0.05, 0.1) is 6.07 Å². The van der Waals surface area contributed by atoms with Crippen molar-refractivity contribution < 1.29 is 0 Å². The fourth-order valence-electron chi connectivity index (χ4n) is 1.37. The lowest BCUT2D eigenvalue weighted by Gasteiger charge is -2.07. The first-order valence-electron chi connectivity index (χ1n) is 5.26. The molecule has 1 unspecified atom stereocenters. The van der Waals surface area contributed by atoms with Gasteiger partial charge in [0.2, 0.25) is 0 Å². The third-order valence-electron chi connectivity index (χ3n) is 2.20. The Labute approximate surface area is 85.6 Å². The van der Waals surface area contributed by atoms with E-state index in [1.54, 1.807) is 0 Å². The van der Waals surface area contributed by atoms with Crippen molar-refractivity contribution in [3.63, 3.8) is 0 Å². The van der Waals surface area contributed by atoms with E-state index in [4.69, 9.17) is 10.8 Å². The minimum absolute atomic E-state index is 0.0245. The summed E-state index contributed by atoms with van der Waals surface area (Å²) in [7, 11) is 0. The van der Waals surface area contributed by atoms with Crippen LogP contribution >= 0.6 is 0 Å². The van der Waals surface area contributed by atoms with Crippen molar-refractivity contribution in [1.29, 1.82) is 5.26 Å². The van der Waals surface area contributed by atoms with E-state index >= 15 is 0 Å². The van der Waals surface area contributed by atoms with E-state index in [0.717, 1.165) is 12.8 Å². The maximum Gasteiger partial charge on any atom is 0.0621 e. The van der Waals surface area contributed by atoms with Crippen molar-refractivity contribution >= 4 is 0 Å². The van der Waals surface area contributed by atoms with Crippen LogP contribution in [0.2, 0.25) is 0 Å². The zero-order chi connectivity index (χ0) is 10.6. The van der Waals surface area contributed by atoms with Gasteiger partial charge in [-0.2, -0.15) is 5.26 Å². The number of nitriles is 1. The molecule has 0 N–H and O–H groups in total. The molecule has 0 spiro atoms. The second-order valence-electron chi connectivity index (χ2n) is 3.40. The van der Waals surface area contributed by atoms with Crippen LogP contribution < -0.4 is 0 Å². The van der Waals surface area contributed by atoms with Gasteiger partial charge in [-0.1, -0.05) is 37.7 Å². The molecular weight excluding hydrogens is 176 g/mol. The molecule has 78 valence electrons. The molecule has 0 aliphatic rings. The van der Waals surface area contributed by atoms with Crippen LogP contribution in [-0.2, 0) is 0 Å². The Bertz CT molecular complexity index is 213. The molecule has 0 aliphatic heterocycles. The van der Waals surface area contributed by atoms with E-state index in [-0.39, 0.29) is 6.04 Å². The van der Waals surface area contributed by atoms with Gasteiger partial charge in [0.1, 0.15) is 0 Å². The largest absolute Gasteiger partial charge is 0.198 e. The lowest BCUT2D eigenvalue weighted by atomic mass is 10.0. The molecule has 0 saturated heterocycles. The van der Waals surface area contributed by atoms with Gasteiger partial charge in [0.25, 0.3) is 0 Å². The minimum atomic E-state index is 0.0245. The van der Waals surface area contributed by atoms with Crippen LogP contribution in [0.4, 0.5) is 0 Å². The van der Waals surface area contributed by atoms with Crippen molar-refractivity contribution in [2.75, 3.05) is 0 Å². The molecule has 0 radical (unpaired) electrons. The molecule has 0 amide bonds. The molecule has 0 bridgehead atoms. The second kappa shape index (κ2) is 9.88. The second-order valence-corrected chi connectivity index (χ2v) is 3.40. The average molecular weight is 194 g/mol. The summed E-state index contributed by atoms with van der Waals surface area (Å²) in [5.41, 5.74) is 8.31. The summed E-state index contributed by atoms with van der Waals surface area (Å²) in [6.07, 6.45) is 6.85. The Kier molecular flexibility index (Phi) is 9.04. The molecule has 0 fully saturated rings. The lowest BCUT2D eigenvalue weighted by molar-refractivity contribution is 0.524. The quantitative estimate of drug-likeness (QED) is 0.249. The third kappa shape index (κ3) is 7.45. The molecule has 0 saturated carbocycles. The highest BCUT2D eigenvalue weighted by Crippen LogP contribution is 2.12. The van der Waals surface area contributed by atoms with Crippen LogP contribution in [0.1, 0.15) is 51.9 Å². The van der Waals surface area contributed by atoms with Gasteiger partial charge in [-0.05, 0) is 18.4 Å². The van der Waals surface area contributed by atoms with E-state index in [1.807, 2.05) is 0 Å². The van der Waals surface area contributed by atoms with Gasteiger partial charge < -0.3 is 0 Å². The van der Waals surface area contributed by atoms with Crippen LogP contribution in [0.25, 0.3) is 10.4 Å². The van der Waals surface area contributed by atoms with Crippen molar-refractivity contribution in [1.82, 2.24) is 0 Å². The molecule has 1 atom stereocenters. The van der Waals surface area contributed by atoms with Crippen LogP contribution in [0.3, 0.4) is 0 Å². The van der Waals surface area contributed by atoms with Crippen LogP contribution in [0.5, 0.6) is 0 Å².